The van der Waals surface area contributed by atoms with Crippen molar-refractivity contribution in [1.82, 2.24) is 5.32 Å². The molecule has 5 heteroatoms. The predicted octanol–water partition coefficient (Wildman–Crippen LogP) is 2.76. The Balaban J connectivity index is 0.00000180. The van der Waals surface area contributed by atoms with Gasteiger partial charge in [-0.3, -0.25) is 4.79 Å². The van der Waals surface area contributed by atoms with Crippen molar-refractivity contribution < 1.29 is 4.79 Å². The molecule has 1 aliphatic carbocycles. The third-order valence-electron chi connectivity index (χ3n) is 3.53. The fourth-order valence-corrected chi connectivity index (χ4v) is 3.62. The second-order valence-corrected chi connectivity index (χ2v) is 6.39. The quantitative estimate of drug-likeness (QED) is 0.898. The lowest BCUT2D eigenvalue weighted by molar-refractivity contribution is 0.0952. The number of amides is 1. The van der Waals surface area contributed by atoms with Gasteiger partial charge in [-0.25, -0.2) is 0 Å². The fraction of sp³-hybridized carbons (Fsp3) is 0.643. The van der Waals surface area contributed by atoms with E-state index in [9.17, 15) is 4.79 Å². The summed E-state index contributed by atoms with van der Waals surface area (Å²) in [6, 6.07) is 0.141. The second-order valence-electron chi connectivity index (χ2n) is 5.42. The normalized spacial score (nSPS) is 19.2. The SMILES string of the molecule is CC(N)CCNC(=O)c1csc2c1CCC(C)C2.Cl. The average molecular weight is 303 g/mol. The van der Waals surface area contributed by atoms with Gasteiger partial charge in [-0.1, -0.05) is 6.92 Å². The largest absolute Gasteiger partial charge is 0.352 e. The number of carbonyl (C=O) groups excluding carboxylic acids is 1. The van der Waals surface area contributed by atoms with Crippen molar-refractivity contribution in [3.8, 4) is 0 Å². The molecule has 2 unspecified atom stereocenters. The molecule has 108 valence electrons. The Kier molecular flexibility index (Phi) is 6.30. The van der Waals surface area contributed by atoms with E-state index in [0.29, 0.717) is 6.54 Å². The lowest BCUT2D eigenvalue weighted by Gasteiger charge is -2.18. The van der Waals surface area contributed by atoms with Crippen LogP contribution in [0.3, 0.4) is 0 Å². The maximum absolute atomic E-state index is 12.1. The van der Waals surface area contributed by atoms with Crippen molar-refractivity contribution in [2.24, 2.45) is 11.7 Å². The Hall–Kier alpha value is -0.580. The molecule has 0 saturated carbocycles. The molecule has 3 nitrogen and oxygen atoms in total. The molecule has 0 aliphatic heterocycles. The molecule has 1 amide bonds. The second kappa shape index (κ2) is 7.27. The summed E-state index contributed by atoms with van der Waals surface area (Å²) in [4.78, 5) is 13.5. The first kappa shape index (κ1) is 16.5. The number of halogens is 1. The number of carbonyl (C=O) groups is 1. The Morgan fingerprint density at radius 3 is 3.05 bits per heavy atom. The van der Waals surface area contributed by atoms with Crippen LogP contribution in [0.2, 0.25) is 0 Å². The number of nitrogens with two attached hydrogens (primary N) is 1. The summed E-state index contributed by atoms with van der Waals surface area (Å²) < 4.78 is 0. The van der Waals surface area contributed by atoms with Gasteiger partial charge in [-0.15, -0.1) is 23.7 Å². The molecule has 1 aromatic heterocycles. The van der Waals surface area contributed by atoms with Gasteiger partial charge in [0, 0.05) is 22.8 Å². The average Bonchev–Trinajstić information content (AvgIpc) is 2.71. The molecular weight excluding hydrogens is 280 g/mol. The van der Waals surface area contributed by atoms with Gasteiger partial charge >= 0.3 is 0 Å². The first-order valence-corrected chi connectivity index (χ1v) is 7.59. The minimum Gasteiger partial charge on any atom is -0.352 e. The van der Waals surface area contributed by atoms with Crippen molar-refractivity contribution in [2.45, 2.75) is 45.6 Å². The van der Waals surface area contributed by atoms with Crippen LogP contribution < -0.4 is 11.1 Å². The number of rotatable bonds is 4. The van der Waals surface area contributed by atoms with E-state index in [0.717, 1.165) is 30.7 Å². The molecule has 3 N–H and O–H groups in total. The van der Waals surface area contributed by atoms with E-state index in [1.165, 1.54) is 16.9 Å². The molecular formula is C14H23ClN2OS. The number of nitrogens with one attached hydrogen (secondary N) is 1. The zero-order valence-corrected chi connectivity index (χ0v) is 13.2. The summed E-state index contributed by atoms with van der Waals surface area (Å²) in [6.45, 7) is 4.91. The molecule has 0 bridgehead atoms. The highest BCUT2D eigenvalue weighted by Crippen LogP contribution is 2.32. The van der Waals surface area contributed by atoms with E-state index in [2.05, 4.69) is 12.2 Å². The molecule has 0 radical (unpaired) electrons. The standard InChI is InChI=1S/C14H22N2OS.ClH/c1-9-3-4-11-12(8-18-13(11)7-9)14(17)16-6-5-10(2)15;/h8-10H,3-7,15H2,1-2H3,(H,16,17);1H. The van der Waals surface area contributed by atoms with Crippen molar-refractivity contribution >= 4 is 29.7 Å². The predicted molar refractivity (Wildman–Crippen MR) is 83.4 cm³/mol. The maximum Gasteiger partial charge on any atom is 0.252 e. The first-order chi connectivity index (χ1) is 8.58. The van der Waals surface area contributed by atoms with Crippen molar-refractivity contribution in [3.05, 3.63) is 21.4 Å². The van der Waals surface area contributed by atoms with Crippen LogP contribution in [0.25, 0.3) is 0 Å². The van der Waals surface area contributed by atoms with Crippen molar-refractivity contribution in [2.75, 3.05) is 6.54 Å². The number of hydrogen-bond acceptors (Lipinski definition) is 3. The molecule has 19 heavy (non-hydrogen) atoms. The Bertz CT molecular complexity index is 431. The zero-order chi connectivity index (χ0) is 13.1. The lowest BCUT2D eigenvalue weighted by atomic mass is 9.88. The summed E-state index contributed by atoms with van der Waals surface area (Å²) in [7, 11) is 0. The van der Waals surface area contributed by atoms with E-state index in [1.807, 2.05) is 12.3 Å². The molecule has 0 spiro atoms. The molecule has 0 saturated heterocycles. The van der Waals surface area contributed by atoms with Crippen molar-refractivity contribution in [1.29, 1.82) is 0 Å². The summed E-state index contributed by atoms with van der Waals surface area (Å²) in [5, 5.41) is 4.98. The smallest absolute Gasteiger partial charge is 0.252 e. The lowest BCUT2D eigenvalue weighted by Crippen LogP contribution is -2.29. The first-order valence-electron chi connectivity index (χ1n) is 6.71. The minimum atomic E-state index is 0. The highest BCUT2D eigenvalue weighted by Gasteiger charge is 2.22. The van der Waals surface area contributed by atoms with Crippen LogP contribution in [-0.2, 0) is 12.8 Å². The Morgan fingerprint density at radius 1 is 1.63 bits per heavy atom. The van der Waals surface area contributed by atoms with E-state index in [4.69, 9.17) is 5.73 Å². The minimum absolute atomic E-state index is 0. The maximum atomic E-state index is 12.1. The monoisotopic (exact) mass is 302 g/mol. The van der Waals surface area contributed by atoms with E-state index < -0.39 is 0 Å². The number of fused-ring (bicyclic) bond motifs is 1. The third kappa shape index (κ3) is 4.20. The number of thiophene rings is 1. The topological polar surface area (TPSA) is 55.1 Å². The van der Waals surface area contributed by atoms with Crippen LogP contribution in [0.5, 0.6) is 0 Å². The Labute approximate surface area is 125 Å². The van der Waals surface area contributed by atoms with E-state index in [1.54, 1.807) is 11.3 Å². The van der Waals surface area contributed by atoms with Gasteiger partial charge in [-0.2, -0.15) is 0 Å². The zero-order valence-electron chi connectivity index (χ0n) is 11.6. The Morgan fingerprint density at radius 2 is 2.37 bits per heavy atom. The fourth-order valence-electron chi connectivity index (χ4n) is 2.38. The number of hydrogen-bond donors (Lipinski definition) is 2. The molecule has 2 atom stereocenters. The molecule has 1 heterocycles. The van der Waals surface area contributed by atoms with Crippen LogP contribution in [0.15, 0.2) is 5.38 Å². The summed E-state index contributed by atoms with van der Waals surface area (Å²) >= 11 is 1.74. The van der Waals surface area contributed by atoms with Gasteiger partial charge in [0.2, 0.25) is 0 Å². The highest BCUT2D eigenvalue weighted by atomic mass is 35.5. The van der Waals surface area contributed by atoms with Gasteiger partial charge in [-0.05, 0) is 44.1 Å². The molecule has 0 fully saturated rings. The van der Waals surface area contributed by atoms with Gasteiger partial charge in [0.1, 0.15) is 0 Å². The molecule has 1 aromatic rings. The van der Waals surface area contributed by atoms with Crippen LogP contribution in [0.1, 0.15) is 47.5 Å². The summed E-state index contributed by atoms with van der Waals surface area (Å²) in [5.41, 5.74) is 7.86. The molecule has 1 aliphatic rings. The van der Waals surface area contributed by atoms with Gasteiger partial charge in [0.25, 0.3) is 5.91 Å². The van der Waals surface area contributed by atoms with E-state index in [-0.39, 0.29) is 24.4 Å². The van der Waals surface area contributed by atoms with Crippen molar-refractivity contribution in [3.63, 3.8) is 0 Å². The van der Waals surface area contributed by atoms with Crippen LogP contribution >= 0.6 is 23.7 Å². The van der Waals surface area contributed by atoms with Gasteiger partial charge in [0.15, 0.2) is 0 Å². The molecule has 0 aromatic carbocycles. The van der Waals surface area contributed by atoms with Crippen LogP contribution in [0, 0.1) is 5.92 Å². The summed E-state index contributed by atoms with van der Waals surface area (Å²) in [5.74, 6) is 0.827. The highest BCUT2D eigenvalue weighted by molar-refractivity contribution is 7.10. The van der Waals surface area contributed by atoms with Crippen LogP contribution in [-0.4, -0.2) is 18.5 Å². The summed E-state index contributed by atoms with van der Waals surface area (Å²) in [6.07, 6.45) is 4.21. The third-order valence-corrected chi connectivity index (χ3v) is 4.58. The molecule has 2 rings (SSSR count). The van der Waals surface area contributed by atoms with Gasteiger partial charge < -0.3 is 11.1 Å². The van der Waals surface area contributed by atoms with Crippen LogP contribution in [0.4, 0.5) is 0 Å². The van der Waals surface area contributed by atoms with E-state index >= 15 is 0 Å². The van der Waals surface area contributed by atoms with Gasteiger partial charge in [0.05, 0.1) is 5.56 Å².